The van der Waals surface area contributed by atoms with Gasteiger partial charge in [0.25, 0.3) is 5.60 Å². The van der Waals surface area contributed by atoms with Crippen molar-refractivity contribution in [3.63, 3.8) is 0 Å². The fourth-order valence-corrected chi connectivity index (χ4v) is 5.01. The molecule has 0 aromatic heterocycles. The number of carbonyl (C=O) groups is 2. The van der Waals surface area contributed by atoms with Gasteiger partial charge in [-0.05, 0) is 77.5 Å². The SMILES string of the molecule is CCCc1cc(C(O)(C(F)(F)F)C(F)(F)F)ccc1OCCCCN1C(=O)CC(C)(c2ccc(F)c(Br)c2)C1=O. The highest BCUT2D eigenvalue weighted by molar-refractivity contribution is 9.10. The molecule has 1 aliphatic heterocycles. The summed E-state index contributed by atoms with van der Waals surface area (Å²) in [7, 11) is 0. The van der Waals surface area contributed by atoms with Gasteiger partial charge < -0.3 is 9.84 Å². The number of nitrogens with zero attached hydrogens (tertiary/aromatic N) is 1. The van der Waals surface area contributed by atoms with Crippen molar-refractivity contribution in [1.29, 1.82) is 0 Å². The number of benzene rings is 2. The fraction of sp³-hybridized carbons (Fsp3) is 0.481. The topological polar surface area (TPSA) is 66.8 Å². The fourth-order valence-electron chi connectivity index (χ4n) is 4.63. The Morgan fingerprint density at radius 3 is 2.25 bits per heavy atom. The largest absolute Gasteiger partial charge is 0.493 e. The third-order valence-electron chi connectivity index (χ3n) is 6.93. The van der Waals surface area contributed by atoms with Crippen LogP contribution in [0.2, 0.25) is 0 Å². The number of hydrogen-bond donors (Lipinski definition) is 1. The second-order valence-corrected chi connectivity index (χ2v) is 10.7. The van der Waals surface area contributed by atoms with Gasteiger partial charge in [0.2, 0.25) is 11.8 Å². The number of rotatable bonds is 10. The van der Waals surface area contributed by atoms with Crippen LogP contribution in [0.5, 0.6) is 5.75 Å². The molecule has 40 heavy (non-hydrogen) atoms. The van der Waals surface area contributed by atoms with Crippen LogP contribution in [0.4, 0.5) is 30.7 Å². The lowest BCUT2D eigenvalue weighted by molar-refractivity contribution is -0.376. The molecule has 3 rings (SSSR count). The number of hydrogen-bond acceptors (Lipinski definition) is 4. The first-order valence-corrected chi connectivity index (χ1v) is 13.2. The Morgan fingerprint density at radius 1 is 1.02 bits per heavy atom. The molecule has 5 nitrogen and oxygen atoms in total. The molecule has 1 N–H and O–H groups in total. The van der Waals surface area contributed by atoms with E-state index in [2.05, 4.69) is 15.9 Å². The molecule has 1 aliphatic rings. The predicted molar refractivity (Wildman–Crippen MR) is 134 cm³/mol. The number of alkyl halides is 6. The van der Waals surface area contributed by atoms with Gasteiger partial charge >= 0.3 is 12.4 Å². The number of carbonyl (C=O) groups excluding carboxylic acids is 2. The Bertz CT molecular complexity index is 1250. The van der Waals surface area contributed by atoms with Gasteiger partial charge in [-0.15, -0.1) is 0 Å². The molecular formula is C27H27BrF7NO4. The minimum absolute atomic E-state index is 0.0112. The van der Waals surface area contributed by atoms with E-state index >= 15 is 0 Å². The molecule has 1 heterocycles. The monoisotopic (exact) mass is 641 g/mol. The van der Waals surface area contributed by atoms with Crippen LogP contribution < -0.4 is 4.74 Å². The van der Waals surface area contributed by atoms with Crippen LogP contribution in [-0.2, 0) is 27.0 Å². The molecule has 1 atom stereocenters. The lowest BCUT2D eigenvalue weighted by Crippen LogP contribution is -2.53. The summed E-state index contributed by atoms with van der Waals surface area (Å²) in [5.41, 5.74) is -6.99. The van der Waals surface area contributed by atoms with Crippen LogP contribution in [0.25, 0.3) is 0 Å². The second kappa shape index (κ2) is 11.7. The van der Waals surface area contributed by atoms with Gasteiger partial charge in [-0.1, -0.05) is 25.5 Å². The van der Waals surface area contributed by atoms with Gasteiger partial charge in [0, 0.05) is 18.5 Å². The minimum atomic E-state index is -6.00. The molecule has 2 amide bonds. The van der Waals surface area contributed by atoms with Crippen molar-refractivity contribution in [1.82, 2.24) is 4.90 Å². The number of halogens is 8. The van der Waals surface area contributed by atoms with Gasteiger partial charge in [0.1, 0.15) is 11.6 Å². The van der Waals surface area contributed by atoms with Crippen LogP contribution in [0.15, 0.2) is 40.9 Å². The molecule has 220 valence electrons. The zero-order valence-corrected chi connectivity index (χ0v) is 23.1. The van der Waals surface area contributed by atoms with Crippen molar-refractivity contribution in [3.05, 3.63) is 63.4 Å². The van der Waals surface area contributed by atoms with Gasteiger partial charge in [0.05, 0.1) is 16.5 Å². The van der Waals surface area contributed by atoms with E-state index in [1.165, 1.54) is 18.2 Å². The van der Waals surface area contributed by atoms with Crippen molar-refractivity contribution < 1.29 is 50.2 Å². The molecule has 1 saturated heterocycles. The van der Waals surface area contributed by atoms with Gasteiger partial charge in [0.15, 0.2) is 0 Å². The zero-order valence-electron chi connectivity index (χ0n) is 21.6. The predicted octanol–water partition coefficient (Wildman–Crippen LogP) is 6.73. The molecule has 0 aliphatic carbocycles. The van der Waals surface area contributed by atoms with Crippen molar-refractivity contribution >= 4 is 27.7 Å². The summed E-state index contributed by atoms with van der Waals surface area (Å²) in [4.78, 5) is 26.8. The quantitative estimate of drug-likeness (QED) is 0.178. The number of ether oxygens (including phenoxy) is 1. The maximum absolute atomic E-state index is 13.6. The highest BCUT2D eigenvalue weighted by atomic mass is 79.9. The summed E-state index contributed by atoms with van der Waals surface area (Å²) >= 11 is 3.08. The molecule has 1 unspecified atom stereocenters. The molecule has 2 aromatic carbocycles. The standard InChI is InChI=1S/C27H27BrF7NO4/c1-3-6-16-13-18(25(39,26(30,31)32)27(33,34)35)8-10-21(16)40-12-5-4-11-36-22(37)15-24(2,23(36)38)17-7-9-20(29)19(28)14-17/h7-10,13-14,39H,3-6,11-12,15H2,1-2H3. The average molecular weight is 642 g/mol. The van der Waals surface area contributed by atoms with Crippen LogP contribution in [0, 0.1) is 5.82 Å². The van der Waals surface area contributed by atoms with E-state index in [4.69, 9.17) is 4.74 Å². The first-order valence-electron chi connectivity index (χ1n) is 12.4. The number of unbranched alkanes of at least 4 members (excludes halogenated alkanes) is 1. The Kier molecular flexibility index (Phi) is 9.29. The summed E-state index contributed by atoms with van der Waals surface area (Å²) in [6.45, 7) is 3.37. The lowest BCUT2D eigenvalue weighted by Gasteiger charge is -2.33. The highest BCUT2D eigenvalue weighted by Crippen LogP contribution is 2.50. The van der Waals surface area contributed by atoms with Crippen molar-refractivity contribution in [2.75, 3.05) is 13.2 Å². The molecule has 1 fully saturated rings. The van der Waals surface area contributed by atoms with E-state index in [0.717, 1.165) is 11.0 Å². The van der Waals surface area contributed by atoms with E-state index in [1.807, 2.05) is 0 Å². The number of amides is 2. The Hall–Kier alpha value is -2.67. The third-order valence-corrected chi connectivity index (χ3v) is 7.54. The first kappa shape index (κ1) is 31.9. The maximum Gasteiger partial charge on any atom is 0.430 e. The maximum atomic E-state index is 13.6. The summed E-state index contributed by atoms with van der Waals surface area (Å²) < 4.78 is 99.1. The van der Waals surface area contributed by atoms with Crippen LogP contribution in [0.1, 0.15) is 56.2 Å². The molecular weight excluding hydrogens is 615 g/mol. The summed E-state index contributed by atoms with van der Waals surface area (Å²) in [5, 5.41) is 9.70. The molecule has 0 radical (unpaired) electrons. The van der Waals surface area contributed by atoms with E-state index in [9.17, 15) is 45.4 Å². The number of aryl methyl sites for hydroxylation is 1. The van der Waals surface area contributed by atoms with Crippen molar-refractivity contribution in [3.8, 4) is 5.75 Å². The Labute approximate surface area is 234 Å². The van der Waals surface area contributed by atoms with Gasteiger partial charge in [-0.2, -0.15) is 26.3 Å². The number of imide groups is 1. The van der Waals surface area contributed by atoms with Crippen LogP contribution in [0.3, 0.4) is 0 Å². The smallest absolute Gasteiger partial charge is 0.430 e. The van der Waals surface area contributed by atoms with Gasteiger partial charge in [-0.3, -0.25) is 14.5 Å². The normalized spacial score (nSPS) is 18.5. The summed E-state index contributed by atoms with van der Waals surface area (Å²) in [6.07, 6.45) is -10.9. The van der Waals surface area contributed by atoms with E-state index in [0.29, 0.717) is 37.0 Å². The van der Waals surface area contributed by atoms with Gasteiger partial charge in [-0.25, -0.2) is 4.39 Å². The molecule has 0 spiro atoms. The molecule has 2 aromatic rings. The van der Waals surface area contributed by atoms with Crippen LogP contribution in [-0.4, -0.2) is 47.3 Å². The minimum Gasteiger partial charge on any atom is -0.493 e. The van der Waals surface area contributed by atoms with Crippen molar-refractivity contribution in [2.24, 2.45) is 0 Å². The highest BCUT2D eigenvalue weighted by Gasteiger charge is 2.71. The number of aliphatic hydroxyl groups is 1. The van der Waals surface area contributed by atoms with E-state index in [-0.39, 0.29) is 41.8 Å². The van der Waals surface area contributed by atoms with E-state index in [1.54, 1.807) is 13.8 Å². The Balaban J connectivity index is 1.65. The van der Waals surface area contributed by atoms with E-state index < -0.39 is 46.6 Å². The third kappa shape index (κ3) is 6.00. The molecule has 0 saturated carbocycles. The zero-order chi connectivity index (χ0) is 30.1. The lowest BCUT2D eigenvalue weighted by atomic mass is 9.81. The first-order chi connectivity index (χ1) is 18.5. The summed E-state index contributed by atoms with van der Waals surface area (Å²) in [5.74, 6) is -1.26. The number of likely N-dealkylation sites (tertiary alicyclic amines) is 1. The Morgan fingerprint density at radius 2 is 1.68 bits per heavy atom. The second-order valence-electron chi connectivity index (χ2n) is 9.82. The van der Waals surface area contributed by atoms with Crippen LogP contribution >= 0.6 is 15.9 Å². The van der Waals surface area contributed by atoms with Crippen molar-refractivity contribution in [2.45, 2.75) is 69.3 Å². The average Bonchev–Trinajstić information content (AvgIpc) is 3.08. The summed E-state index contributed by atoms with van der Waals surface area (Å²) in [6, 6.07) is 6.26. The molecule has 13 heteroatoms. The molecule has 0 bridgehead atoms.